The van der Waals surface area contributed by atoms with E-state index in [9.17, 15) is 18.3 Å². The first-order chi connectivity index (χ1) is 9.03. The summed E-state index contributed by atoms with van der Waals surface area (Å²) in [6.07, 6.45) is -4.73. The number of benzene rings is 1. The Kier molecular flexibility index (Phi) is 3.65. The van der Waals surface area contributed by atoms with Gasteiger partial charge in [0.2, 0.25) is 0 Å². The minimum atomic E-state index is -4.73. The molecule has 0 aromatic heterocycles. The maximum Gasteiger partial charge on any atom is 0.494 e. The number of halogens is 3. The maximum atomic E-state index is 12.7. The van der Waals surface area contributed by atoms with Crippen LogP contribution in [0, 0.1) is 0 Å². The SMILES string of the molecule is CC1(C)COB(c2ccc(C(C)(O)C(F)(F)F)cc2)O1. The van der Waals surface area contributed by atoms with E-state index in [2.05, 4.69) is 0 Å². The molecule has 1 fully saturated rings. The first-order valence-electron chi connectivity index (χ1n) is 6.22. The summed E-state index contributed by atoms with van der Waals surface area (Å²) >= 11 is 0. The second kappa shape index (κ2) is 4.75. The zero-order valence-corrected chi connectivity index (χ0v) is 11.5. The summed E-state index contributed by atoms with van der Waals surface area (Å²) in [4.78, 5) is 0. The molecule has 1 saturated heterocycles. The van der Waals surface area contributed by atoms with E-state index < -0.39 is 24.5 Å². The Labute approximate surface area is 115 Å². The van der Waals surface area contributed by atoms with Gasteiger partial charge in [0.1, 0.15) is 0 Å². The van der Waals surface area contributed by atoms with Crippen molar-refractivity contribution >= 4 is 12.6 Å². The van der Waals surface area contributed by atoms with Crippen LogP contribution in [0.5, 0.6) is 0 Å². The number of aliphatic hydroxyl groups is 1. The summed E-state index contributed by atoms with van der Waals surface area (Å²) in [6, 6.07) is 5.42. The van der Waals surface area contributed by atoms with Crippen LogP contribution in [0.15, 0.2) is 24.3 Å². The Bertz CT molecular complexity index is 483. The predicted molar refractivity (Wildman–Crippen MR) is 68.6 cm³/mol. The molecule has 1 heterocycles. The molecule has 1 aliphatic heterocycles. The van der Waals surface area contributed by atoms with E-state index in [-0.39, 0.29) is 5.56 Å². The van der Waals surface area contributed by atoms with E-state index in [4.69, 9.17) is 9.31 Å². The second-order valence-electron chi connectivity index (χ2n) is 5.71. The standard InChI is InChI=1S/C13H16BF3O3/c1-11(2)8-19-14(20-11)10-6-4-9(5-7-10)12(3,18)13(15,16)17/h4-7,18H,8H2,1-3H3. The molecule has 1 N–H and O–H groups in total. The van der Waals surface area contributed by atoms with Gasteiger partial charge < -0.3 is 14.4 Å². The average molecular weight is 288 g/mol. The molecule has 20 heavy (non-hydrogen) atoms. The summed E-state index contributed by atoms with van der Waals surface area (Å²) in [7, 11) is -0.588. The third-order valence-corrected chi connectivity index (χ3v) is 3.31. The van der Waals surface area contributed by atoms with Crippen molar-refractivity contribution in [3.63, 3.8) is 0 Å². The number of hydrogen-bond donors (Lipinski definition) is 1. The Morgan fingerprint density at radius 2 is 1.75 bits per heavy atom. The van der Waals surface area contributed by atoms with Crippen LogP contribution >= 0.6 is 0 Å². The summed E-state index contributed by atoms with van der Waals surface area (Å²) in [5.74, 6) is 0. The van der Waals surface area contributed by atoms with Gasteiger partial charge in [0.05, 0.1) is 12.2 Å². The zero-order valence-electron chi connectivity index (χ0n) is 11.5. The van der Waals surface area contributed by atoms with E-state index in [1.54, 1.807) is 0 Å². The highest BCUT2D eigenvalue weighted by atomic mass is 19.4. The van der Waals surface area contributed by atoms with Crippen LogP contribution < -0.4 is 5.46 Å². The Morgan fingerprint density at radius 1 is 1.20 bits per heavy atom. The highest BCUT2D eigenvalue weighted by Crippen LogP contribution is 2.38. The molecule has 0 aliphatic carbocycles. The molecular formula is C13H16BF3O3. The lowest BCUT2D eigenvalue weighted by Gasteiger charge is -2.26. The van der Waals surface area contributed by atoms with Gasteiger partial charge in [-0.25, -0.2) is 0 Å². The third-order valence-electron chi connectivity index (χ3n) is 3.31. The molecule has 1 unspecified atom stereocenters. The van der Waals surface area contributed by atoms with Crippen molar-refractivity contribution in [1.82, 2.24) is 0 Å². The van der Waals surface area contributed by atoms with Gasteiger partial charge >= 0.3 is 13.3 Å². The minimum absolute atomic E-state index is 0.217. The zero-order chi connectivity index (χ0) is 15.2. The van der Waals surface area contributed by atoms with Crippen molar-refractivity contribution in [2.24, 2.45) is 0 Å². The Hall–Kier alpha value is -1.05. The highest BCUT2D eigenvalue weighted by Gasteiger charge is 2.51. The third kappa shape index (κ3) is 2.84. The van der Waals surface area contributed by atoms with Crippen molar-refractivity contribution in [1.29, 1.82) is 0 Å². The summed E-state index contributed by atoms with van der Waals surface area (Å²) < 4.78 is 49.2. The molecule has 1 aliphatic rings. The maximum absolute atomic E-state index is 12.7. The predicted octanol–water partition coefficient (Wildman–Crippen LogP) is 1.98. The number of rotatable bonds is 2. The van der Waals surface area contributed by atoms with Gasteiger partial charge in [-0.3, -0.25) is 0 Å². The Balaban J connectivity index is 2.19. The van der Waals surface area contributed by atoms with Crippen LogP contribution in [-0.2, 0) is 14.9 Å². The van der Waals surface area contributed by atoms with Gasteiger partial charge in [0.25, 0.3) is 0 Å². The number of hydrogen-bond acceptors (Lipinski definition) is 3. The summed E-state index contributed by atoms with van der Waals surface area (Å²) in [5, 5.41) is 9.57. The molecule has 1 aromatic carbocycles. The highest BCUT2D eigenvalue weighted by molar-refractivity contribution is 6.61. The average Bonchev–Trinajstić information content (AvgIpc) is 2.68. The van der Waals surface area contributed by atoms with Gasteiger partial charge in [0, 0.05) is 0 Å². The fourth-order valence-electron chi connectivity index (χ4n) is 1.93. The lowest BCUT2D eigenvalue weighted by atomic mass is 9.78. The largest absolute Gasteiger partial charge is 0.494 e. The molecule has 2 rings (SSSR count). The van der Waals surface area contributed by atoms with Crippen molar-refractivity contribution in [2.45, 2.75) is 38.1 Å². The van der Waals surface area contributed by atoms with Gasteiger partial charge in [-0.1, -0.05) is 24.3 Å². The van der Waals surface area contributed by atoms with E-state index in [0.29, 0.717) is 12.1 Å². The summed E-state index contributed by atoms with van der Waals surface area (Å²) in [6.45, 7) is 4.89. The van der Waals surface area contributed by atoms with Crippen LogP contribution in [0.3, 0.4) is 0 Å². The van der Waals surface area contributed by atoms with Gasteiger partial charge in [-0.15, -0.1) is 0 Å². The van der Waals surface area contributed by atoms with Crippen LogP contribution in [0.1, 0.15) is 26.3 Å². The van der Waals surface area contributed by atoms with E-state index in [1.165, 1.54) is 24.3 Å². The van der Waals surface area contributed by atoms with Crippen LogP contribution in [-0.4, -0.2) is 30.6 Å². The molecule has 0 bridgehead atoms. The molecule has 0 radical (unpaired) electrons. The molecule has 110 valence electrons. The quantitative estimate of drug-likeness (QED) is 0.846. The molecule has 7 heteroatoms. The molecule has 0 saturated carbocycles. The smallest absolute Gasteiger partial charge is 0.404 e. The molecule has 1 aromatic rings. The van der Waals surface area contributed by atoms with Crippen molar-refractivity contribution in [2.75, 3.05) is 6.61 Å². The first kappa shape index (κ1) is 15.3. The van der Waals surface area contributed by atoms with E-state index in [1.807, 2.05) is 13.8 Å². The number of alkyl halides is 3. The van der Waals surface area contributed by atoms with Crippen LogP contribution in [0.2, 0.25) is 0 Å². The Morgan fingerprint density at radius 3 is 2.15 bits per heavy atom. The van der Waals surface area contributed by atoms with Gasteiger partial charge in [-0.05, 0) is 31.8 Å². The monoisotopic (exact) mass is 288 g/mol. The normalized spacial score (nSPS) is 21.9. The van der Waals surface area contributed by atoms with Crippen LogP contribution in [0.4, 0.5) is 13.2 Å². The topological polar surface area (TPSA) is 38.7 Å². The van der Waals surface area contributed by atoms with E-state index in [0.717, 1.165) is 6.92 Å². The lowest BCUT2D eigenvalue weighted by molar-refractivity contribution is -0.258. The van der Waals surface area contributed by atoms with E-state index >= 15 is 0 Å². The first-order valence-corrected chi connectivity index (χ1v) is 6.22. The molecule has 3 nitrogen and oxygen atoms in total. The fourth-order valence-corrected chi connectivity index (χ4v) is 1.93. The fraction of sp³-hybridized carbons (Fsp3) is 0.538. The minimum Gasteiger partial charge on any atom is -0.404 e. The van der Waals surface area contributed by atoms with Crippen molar-refractivity contribution < 1.29 is 27.6 Å². The van der Waals surface area contributed by atoms with Crippen LogP contribution in [0.25, 0.3) is 0 Å². The molecule has 0 amide bonds. The van der Waals surface area contributed by atoms with Crippen molar-refractivity contribution in [3.05, 3.63) is 29.8 Å². The van der Waals surface area contributed by atoms with Crippen molar-refractivity contribution in [3.8, 4) is 0 Å². The molecule has 0 spiro atoms. The molecular weight excluding hydrogens is 272 g/mol. The second-order valence-corrected chi connectivity index (χ2v) is 5.71. The van der Waals surface area contributed by atoms with Gasteiger partial charge in [0.15, 0.2) is 5.60 Å². The summed E-state index contributed by atoms with van der Waals surface area (Å²) in [5.41, 5.74) is -2.88. The molecule has 1 atom stereocenters. The lowest BCUT2D eigenvalue weighted by Crippen LogP contribution is -2.40. The van der Waals surface area contributed by atoms with Gasteiger partial charge in [-0.2, -0.15) is 13.2 Å².